The van der Waals surface area contributed by atoms with Crippen LogP contribution in [0, 0.1) is 5.92 Å². The Kier molecular flexibility index (Phi) is 12.5. The molecule has 27 heavy (non-hydrogen) atoms. The van der Waals surface area contributed by atoms with E-state index in [1.165, 1.54) is 6.42 Å². The number of allylic oxidation sites excluding steroid dienone is 3. The molecule has 0 fully saturated rings. The van der Waals surface area contributed by atoms with E-state index in [0.29, 0.717) is 24.2 Å². The maximum absolute atomic E-state index is 11.7. The Bertz CT molecular complexity index is 612. The first kappa shape index (κ1) is 23.4. The topological polar surface area (TPSA) is 51.2 Å². The van der Waals surface area contributed by atoms with Gasteiger partial charge in [0.05, 0.1) is 12.3 Å². The zero-order valence-electron chi connectivity index (χ0n) is 16.8. The van der Waals surface area contributed by atoms with Gasteiger partial charge in [-0.1, -0.05) is 56.5 Å². The van der Waals surface area contributed by atoms with Gasteiger partial charge in [0.15, 0.2) is 0 Å². The first-order valence-corrected chi connectivity index (χ1v) is 10.2. The molecule has 1 heterocycles. The van der Waals surface area contributed by atoms with Crippen LogP contribution in [0.15, 0.2) is 42.0 Å². The van der Waals surface area contributed by atoms with E-state index in [2.05, 4.69) is 30.2 Å². The molecule has 1 aromatic heterocycles. The lowest BCUT2D eigenvalue weighted by molar-refractivity contribution is -0.116. The Labute approximate surface area is 169 Å². The smallest absolute Gasteiger partial charge is 0.244 e. The predicted molar refractivity (Wildman–Crippen MR) is 113 cm³/mol. The number of unbranched alkanes of at least 4 members (excludes halogenated alkanes) is 4. The van der Waals surface area contributed by atoms with Gasteiger partial charge >= 0.3 is 0 Å². The second kappa shape index (κ2) is 14.4. The Balaban J connectivity index is 2.01. The molecule has 0 aliphatic carbocycles. The summed E-state index contributed by atoms with van der Waals surface area (Å²) in [5.41, 5.74) is 1.85. The van der Waals surface area contributed by atoms with Gasteiger partial charge in [-0.15, -0.1) is 0 Å². The summed E-state index contributed by atoms with van der Waals surface area (Å²) in [6, 6.07) is 5.57. The van der Waals surface area contributed by atoms with Crippen LogP contribution in [0.2, 0.25) is 5.15 Å². The summed E-state index contributed by atoms with van der Waals surface area (Å²) >= 11 is 5.84. The molecular weight excluding hydrogens is 360 g/mol. The van der Waals surface area contributed by atoms with E-state index >= 15 is 0 Å². The molecule has 0 aromatic carbocycles. The van der Waals surface area contributed by atoms with Crippen LogP contribution in [0.3, 0.4) is 0 Å². The van der Waals surface area contributed by atoms with Crippen LogP contribution >= 0.6 is 11.6 Å². The van der Waals surface area contributed by atoms with E-state index in [9.17, 15) is 4.79 Å². The second-order valence-electron chi connectivity index (χ2n) is 7.14. The molecule has 0 aliphatic heterocycles. The van der Waals surface area contributed by atoms with Crippen molar-refractivity contribution in [2.75, 3.05) is 13.2 Å². The van der Waals surface area contributed by atoms with Crippen molar-refractivity contribution in [1.82, 2.24) is 10.3 Å². The molecule has 5 heteroatoms. The molecular formula is C22H33ClN2O2. The molecule has 0 unspecified atom stereocenters. The number of hydrogen-bond donors (Lipinski definition) is 1. The Morgan fingerprint density at radius 1 is 1.26 bits per heavy atom. The molecule has 0 spiro atoms. The van der Waals surface area contributed by atoms with Gasteiger partial charge < -0.3 is 10.1 Å². The van der Waals surface area contributed by atoms with Crippen LogP contribution in [0.5, 0.6) is 0 Å². The fourth-order valence-electron chi connectivity index (χ4n) is 2.41. The molecule has 1 aromatic rings. The minimum atomic E-state index is -0.0150. The molecule has 150 valence electrons. The summed E-state index contributed by atoms with van der Waals surface area (Å²) < 4.78 is 5.62. The quantitative estimate of drug-likeness (QED) is 0.209. The largest absolute Gasteiger partial charge is 0.375 e. The van der Waals surface area contributed by atoms with E-state index in [1.807, 2.05) is 25.1 Å². The third-order valence-electron chi connectivity index (χ3n) is 3.86. The maximum Gasteiger partial charge on any atom is 0.244 e. The lowest BCUT2D eigenvalue weighted by Crippen LogP contribution is -2.25. The second-order valence-corrected chi connectivity index (χ2v) is 7.52. The molecule has 1 rings (SSSR count). The minimum absolute atomic E-state index is 0.0150. The fourth-order valence-corrected chi connectivity index (χ4v) is 2.59. The van der Waals surface area contributed by atoms with Crippen LogP contribution < -0.4 is 5.32 Å². The van der Waals surface area contributed by atoms with E-state index in [0.717, 1.165) is 43.6 Å². The zero-order valence-corrected chi connectivity index (χ0v) is 17.6. The maximum atomic E-state index is 11.7. The van der Waals surface area contributed by atoms with Crippen molar-refractivity contribution < 1.29 is 9.53 Å². The number of ether oxygens (including phenoxy) is 1. The molecule has 0 bridgehead atoms. The van der Waals surface area contributed by atoms with Gasteiger partial charge in [-0.05, 0) is 49.8 Å². The highest BCUT2D eigenvalue weighted by Gasteiger charge is 1.98. The van der Waals surface area contributed by atoms with Gasteiger partial charge in [0.2, 0.25) is 5.91 Å². The third-order valence-corrected chi connectivity index (χ3v) is 4.07. The number of carbonyl (C=O) groups is 1. The number of nitrogens with zero attached hydrogens (tertiary/aromatic N) is 1. The van der Waals surface area contributed by atoms with Gasteiger partial charge in [0.25, 0.3) is 0 Å². The predicted octanol–water partition coefficient (Wildman–Crippen LogP) is 5.48. The standard InChI is InChI=1S/C22H33ClN2O2/c1-18(2)16-24-22(26)15-19(3)11-8-6-4-5-7-9-14-27-17-20-12-10-13-21(23)25-20/h8,10-13,15,18H,4-7,9,14,16-17H2,1-3H3,(H,24,26)/b11-8+,19-15+. The highest BCUT2D eigenvalue weighted by atomic mass is 35.5. The van der Waals surface area contributed by atoms with Crippen molar-refractivity contribution in [3.63, 3.8) is 0 Å². The number of aromatic nitrogens is 1. The number of rotatable bonds is 13. The van der Waals surface area contributed by atoms with Gasteiger partial charge in [-0.2, -0.15) is 0 Å². The van der Waals surface area contributed by atoms with E-state index in [1.54, 1.807) is 12.1 Å². The molecule has 0 atom stereocenters. The summed E-state index contributed by atoms with van der Waals surface area (Å²) in [7, 11) is 0. The first-order chi connectivity index (χ1) is 13.0. The number of amides is 1. The van der Waals surface area contributed by atoms with Crippen LogP contribution in [0.1, 0.15) is 58.6 Å². The Morgan fingerprint density at radius 2 is 2.04 bits per heavy atom. The average molecular weight is 393 g/mol. The normalized spacial score (nSPS) is 12.1. The minimum Gasteiger partial charge on any atom is -0.375 e. The van der Waals surface area contributed by atoms with Crippen molar-refractivity contribution in [3.05, 3.63) is 52.8 Å². The van der Waals surface area contributed by atoms with Crippen molar-refractivity contribution in [2.24, 2.45) is 5.92 Å². The lowest BCUT2D eigenvalue weighted by Gasteiger charge is -2.05. The van der Waals surface area contributed by atoms with E-state index in [-0.39, 0.29) is 5.91 Å². The SMILES string of the molecule is CC(/C=C/CCCCCCOCc1cccc(Cl)n1)=C\C(=O)NCC(C)C. The summed E-state index contributed by atoms with van der Waals surface area (Å²) in [4.78, 5) is 15.9. The Morgan fingerprint density at radius 3 is 2.78 bits per heavy atom. The van der Waals surface area contributed by atoms with Gasteiger partial charge in [-0.25, -0.2) is 4.98 Å². The summed E-state index contributed by atoms with van der Waals surface area (Å²) in [5.74, 6) is 0.455. The van der Waals surface area contributed by atoms with E-state index < -0.39 is 0 Å². The van der Waals surface area contributed by atoms with Gasteiger partial charge in [0.1, 0.15) is 5.15 Å². The summed E-state index contributed by atoms with van der Waals surface area (Å²) in [5, 5.41) is 3.39. The summed E-state index contributed by atoms with van der Waals surface area (Å²) in [6.45, 7) is 8.10. The van der Waals surface area contributed by atoms with Crippen molar-refractivity contribution in [3.8, 4) is 0 Å². The average Bonchev–Trinajstić information content (AvgIpc) is 2.61. The third kappa shape index (κ3) is 13.2. The molecule has 0 radical (unpaired) electrons. The first-order valence-electron chi connectivity index (χ1n) is 9.79. The van der Waals surface area contributed by atoms with Gasteiger partial charge in [-0.3, -0.25) is 4.79 Å². The monoisotopic (exact) mass is 392 g/mol. The number of pyridine rings is 1. The molecule has 1 amide bonds. The molecule has 0 aliphatic rings. The highest BCUT2D eigenvalue weighted by molar-refractivity contribution is 6.29. The lowest BCUT2D eigenvalue weighted by atomic mass is 10.1. The molecule has 4 nitrogen and oxygen atoms in total. The van der Waals surface area contributed by atoms with Crippen LogP contribution in [-0.2, 0) is 16.1 Å². The molecule has 0 saturated carbocycles. The number of carbonyl (C=O) groups excluding carboxylic acids is 1. The van der Waals surface area contributed by atoms with E-state index in [4.69, 9.17) is 16.3 Å². The van der Waals surface area contributed by atoms with Crippen molar-refractivity contribution in [1.29, 1.82) is 0 Å². The van der Waals surface area contributed by atoms with Crippen LogP contribution in [0.4, 0.5) is 0 Å². The summed E-state index contributed by atoms with van der Waals surface area (Å²) in [6.07, 6.45) is 11.4. The Hall–Kier alpha value is -1.65. The fraction of sp³-hybridized carbons (Fsp3) is 0.545. The van der Waals surface area contributed by atoms with Crippen LogP contribution in [-0.4, -0.2) is 24.0 Å². The molecule has 0 saturated heterocycles. The van der Waals surface area contributed by atoms with Crippen LogP contribution in [0.25, 0.3) is 0 Å². The highest BCUT2D eigenvalue weighted by Crippen LogP contribution is 2.08. The number of hydrogen-bond acceptors (Lipinski definition) is 3. The van der Waals surface area contributed by atoms with Crippen molar-refractivity contribution >= 4 is 17.5 Å². The zero-order chi connectivity index (χ0) is 19.9. The number of halogens is 1. The van der Waals surface area contributed by atoms with Gasteiger partial charge in [0, 0.05) is 19.2 Å². The van der Waals surface area contributed by atoms with Crippen molar-refractivity contribution in [2.45, 2.75) is 59.5 Å². The number of nitrogens with one attached hydrogen (secondary N) is 1. The molecule has 1 N–H and O–H groups in total.